The zero-order valence-electron chi connectivity index (χ0n) is 38.3. The fraction of sp³-hybridized carbons (Fsp3) is 0. The van der Waals surface area contributed by atoms with Crippen molar-refractivity contribution in [1.29, 1.82) is 0 Å². The number of para-hydroxylation sites is 6. The first-order valence-electron chi connectivity index (χ1n) is 24.2. The molecule has 14 rings (SSSR count). The van der Waals surface area contributed by atoms with Gasteiger partial charge in [-0.3, -0.25) is 0 Å². The second kappa shape index (κ2) is 16.3. The summed E-state index contributed by atoms with van der Waals surface area (Å²) in [6.07, 6.45) is 0. The normalized spacial score (nSPS) is 12.5. The van der Waals surface area contributed by atoms with Gasteiger partial charge in [0.25, 0.3) is 6.71 Å². The fourth-order valence-electron chi connectivity index (χ4n) is 11.7. The van der Waals surface area contributed by atoms with E-state index in [-0.39, 0.29) is 6.71 Å². The van der Waals surface area contributed by atoms with Crippen molar-refractivity contribution in [1.82, 2.24) is 4.57 Å². The van der Waals surface area contributed by atoms with Crippen LogP contribution in [-0.2, 0) is 0 Å². The van der Waals surface area contributed by atoms with Gasteiger partial charge < -0.3 is 14.4 Å². The molecule has 1 aromatic heterocycles. The molecule has 326 valence electrons. The van der Waals surface area contributed by atoms with Gasteiger partial charge in [0, 0.05) is 55.8 Å². The molecule has 0 saturated heterocycles. The lowest BCUT2D eigenvalue weighted by Gasteiger charge is -2.45. The molecule has 0 N–H and O–H groups in total. The van der Waals surface area contributed by atoms with Gasteiger partial charge in [-0.05, 0) is 75.0 Å². The Bertz CT molecular complexity index is 3710. The number of aromatic nitrogens is 1. The van der Waals surface area contributed by atoms with E-state index in [2.05, 4.69) is 281 Å². The highest BCUT2D eigenvalue weighted by Crippen LogP contribution is 2.50. The van der Waals surface area contributed by atoms with Gasteiger partial charge in [0.15, 0.2) is 0 Å². The van der Waals surface area contributed by atoms with Crippen LogP contribution >= 0.6 is 0 Å². The van der Waals surface area contributed by atoms with Crippen molar-refractivity contribution in [2.24, 2.45) is 0 Å². The molecule has 12 aromatic rings. The minimum atomic E-state index is -0.0374. The van der Waals surface area contributed by atoms with E-state index in [0.717, 1.165) is 28.4 Å². The minimum Gasteiger partial charge on any atom is -0.311 e. The van der Waals surface area contributed by atoms with Crippen LogP contribution in [0.2, 0.25) is 0 Å². The molecular formula is C66H44BN3. The van der Waals surface area contributed by atoms with Crippen LogP contribution in [0.5, 0.6) is 0 Å². The van der Waals surface area contributed by atoms with Gasteiger partial charge in [-0.2, -0.15) is 0 Å². The van der Waals surface area contributed by atoms with Gasteiger partial charge >= 0.3 is 0 Å². The molecule has 0 atom stereocenters. The Labute approximate surface area is 408 Å². The molecule has 2 aliphatic rings. The molecule has 0 amide bonds. The summed E-state index contributed by atoms with van der Waals surface area (Å²) >= 11 is 0. The minimum absolute atomic E-state index is 0.0374. The van der Waals surface area contributed by atoms with Crippen molar-refractivity contribution in [2.75, 3.05) is 9.80 Å². The van der Waals surface area contributed by atoms with Crippen LogP contribution in [0.15, 0.2) is 267 Å². The third-order valence-corrected chi connectivity index (χ3v) is 14.6. The summed E-state index contributed by atoms with van der Waals surface area (Å²) in [5.41, 5.74) is 23.6. The van der Waals surface area contributed by atoms with Crippen molar-refractivity contribution >= 4 is 79.0 Å². The Morgan fingerprint density at radius 3 is 1.00 bits per heavy atom. The average Bonchev–Trinajstić information content (AvgIpc) is 3.79. The maximum Gasteiger partial charge on any atom is 0.252 e. The number of benzene rings is 11. The molecule has 0 bridgehead atoms. The lowest BCUT2D eigenvalue weighted by atomic mass is 9.33. The van der Waals surface area contributed by atoms with Gasteiger partial charge in [-0.1, -0.05) is 231 Å². The monoisotopic (exact) mass is 889 g/mol. The molecule has 3 heterocycles. The number of fused-ring (bicyclic) bond motifs is 7. The molecule has 0 spiro atoms. The highest BCUT2D eigenvalue weighted by atomic mass is 15.2. The predicted molar refractivity (Wildman–Crippen MR) is 297 cm³/mol. The zero-order valence-corrected chi connectivity index (χ0v) is 38.3. The number of hydrogen-bond acceptors (Lipinski definition) is 2. The van der Waals surface area contributed by atoms with Crippen molar-refractivity contribution in [3.05, 3.63) is 267 Å². The molecule has 11 aromatic carbocycles. The quantitative estimate of drug-likeness (QED) is 0.148. The molecule has 0 aliphatic carbocycles. The lowest BCUT2D eigenvalue weighted by molar-refractivity contribution is 1.16. The fourth-order valence-corrected chi connectivity index (χ4v) is 11.7. The van der Waals surface area contributed by atoms with E-state index in [9.17, 15) is 0 Å². The van der Waals surface area contributed by atoms with E-state index in [0.29, 0.717) is 0 Å². The third-order valence-electron chi connectivity index (χ3n) is 14.6. The van der Waals surface area contributed by atoms with Crippen LogP contribution in [0.3, 0.4) is 0 Å². The van der Waals surface area contributed by atoms with Gasteiger partial charge in [0.05, 0.1) is 28.1 Å². The van der Waals surface area contributed by atoms with Gasteiger partial charge in [0.2, 0.25) is 0 Å². The Balaban J connectivity index is 1.17. The van der Waals surface area contributed by atoms with E-state index in [1.807, 2.05) is 0 Å². The molecule has 0 fully saturated rings. The molecule has 0 saturated carbocycles. The first kappa shape index (κ1) is 40.0. The highest BCUT2D eigenvalue weighted by Gasteiger charge is 2.44. The van der Waals surface area contributed by atoms with E-state index in [1.165, 1.54) is 94.1 Å². The average molecular weight is 890 g/mol. The molecule has 4 heteroatoms. The summed E-state index contributed by atoms with van der Waals surface area (Å²) in [6.45, 7) is -0.0374. The topological polar surface area (TPSA) is 11.4 Å². The van der Waals surface area contributed by atoms with Crippen molar-refractivity contribution in [3.63, 3.8) is 0 Å². The SMILES string of the molecule is c1ccc(-c2ccccc2N2c3ccccc3B3c4ccccc4N(c4ccccc4-c4ccccc4)c4cc(-n5c6c(-c7ccccc7)cccc6c6cccc(-c7ccccc7)c65)cc2c43)cc1. The molecule has 0 unspecified atom stereocenters. The molecule has 2 aliphatic heterocycles. The van der Waals surface area contributed by atoms with Crippen LogP contribution < -0.4 is 26.2 Å². The molecule has 0 radical (unpaired) electrons. The van der Waals surface area contributed by atoms with Crippen LogP contribution in [0.1, 0.15) is 0 Å². The first-order chi connectivity index (χ1) is 34.8. The first-order valence-corrected chi connectivity index (χ1v) is 24.2. The van der Waals surface area contributed by atoms with E-state index in [4.69, 9.17) is 0 Å². The number of nitrogens with zero attached hydrogens (tertiary/aromatic N) is 3. The lowest BCUT2D eigenvalue weighted by Crippen LogP contribution is -2.61. The van der Waals surface area contributed by atoms with E-state index >= 15 is 0 Å². The Hall–Kier alpha value is -9.12. The summed E-state index contributed by atoms with van der Waals surface area (Å²) < 4.78 is 2.59. The van der Waals surface area contributed by atoms with Crippen molar-refractivity contribution in [2.45, 2.75) is 0 Å². The van der Waals surface area contributed by atoms with Crippen molar-refractivity contribution in [3.8, 4) is 50.2 Å². The summed E-state index contributed by atoms with van der Waals surface area (Å²) in [6, 6.07) is 98.3. The van der Waals surface area contributed by atoms with Gasteiger partial charge in [-0.25, -0.2) is 0 Å². The zero-order chi connectivity index (χ0) is 46.1. The van der Waals surface area contributed by atoms with E-state index < -0.39 is 0 Å². The Kier molecular flexibility index (Phi) is 9.31. The largest absolute Gasteiger partial charge is 0.311 e. The Morgan fingerprint density at radius 2 is 0.586 bits per heavy atom. The summed E-state index contributed by atoms with van der Waals surface area (Å²) in [4.78, 5) is 5.13. The summed E-state index contributed by atoms with van der Waals surface area (Å²) in [5.74, 6) is 0. The van der Waals surface area contributed by atoms with Gasteiger partial charge in [-0.15, -0.1) is 0 Å². The Morgan fingerprint density at radius 1 is 0.257 bits per heavy atom. The molecule has 70 heavy (non-hydrogen) atoms. The maximum absolute atomic E-state index is 2.59. The summed E-state index contributed by atoms with van der Waals surface area (Å²) in [5, 5.41) is 2.43. The van der Waals surface area contributed by atoms with Crippen LogP contribution in [0.4, 0.5) is 34.1 Å². The maximum atomic E-state index is 2.59. The molecule has 3 nitrogen and oxygen atoms in total. The second-order valence-electron chi connectivity index (χ2n) is 18.4. The predicted octanol–water partition coefficient (Wildman–Crippen LogP) is 15.5. The van der Waals surface area contributed by atoms with Crippen LogP contribution in [0, 0.1) is 0 Å². The smallest absolute Gasteiger partial charge is 0.252 e. The van der Waals surface area contributed by atoms with Crippen molar-refractivity contribution < 1.29 is 0 Å². The van der Waals surface area contributed by atoms with Gasteiger partial charge in [0.1, 0.15) is 0 Å². The van der Waals surface area contributed by atoms with Crippen LogP contribution in [-0.4, -0.2) is 11.3 Å². The van der Waals surface area contributed by atoms with E-state index in [1.54, 1.807) is 0 Å². The third kappa shape index (κ3) is 6.17. The number of hydrogen-bond donors (Lipinski definition) is 0. The standard InChI is InChI=1S/C66H44BN3/c1-5-23-45(24-6-1)50-31-13-17-39-58(50)69-60-41-19-15-37-56(60)67-57-38-16-20-42-61(57)70(59-40-18-14-32-51(59)46-25-7-2-8-26-46)63-44-49(43-62(69)64(63)67)68-65-52(47-27-9-3-10-28-47)33-21-35-54(65)55-36-22-34-53(66(55)68)48-29-11-4-12-30-48/h1-44H. The summed E-state index contributed by atoms with van der Waals surface area (Å²) in [7, 11) is 0. The molecular weight excluding hydrogens is 846 g/mol. The van der Waals surface area contributed by atoms with Crippen LogP contribution in [0.25, 0.3) is 72.0 Å². The number of anilines is 6. The second-order valence-corrected chi connectivity index (χ2v) is 18.4. The number of rotatable bonds is 7. The highest BCUT2D eigenvalue weighted by molar-refractivity contribution is 7.00.